The lowest BCUT2D eigenvalue weighted by Gasteiger charge is -2.32. The molecule has 1 aliphatic heterocycles. The van der Waals surface area contributed by atoms with E-state index in [2.05, 4.69) is 21.2 Å². The van der Waals surface area contributed by atoms with Gasteiger partial charge >= 0.3 is 0 Å². The van der Waals surface area contributed by atoms with E-state index in [0.717, 1.165) is 36.9 Å². The van der Waals surface area contributed by atoms with Crippen molar-refractivity contribution in [2.75, 3.05) is 33.8 Å². The van der Waals surface area contributed by atoms with Gasteiger partial charge in [0, 0.05) is 30.4 Å². The van der Waals surface area contributed by atoms with Gasteiger partial charge in [0.1, 0.15) is 5.75 Å². The molecule has 0 spiro atoms. The number of nitrogens with zero attached hydrogens (tertiary/aromatic N) is 1. The second-order valence-corrected chi connectivity index (χ2v) is 7.09. The molecule has 1 unspecified atom stereocenters. The van der Waals surface area contributed by atoms with Crippen molar-refractivity contribution in [3.63, 3.8) is 0 Å². The number of halogens is 1. The summed E-state index contributed by atoms with van der Waals surface area (Å²) in [4.78, 5) is 26.8. The van der Waals surface area contributed by atoms with E-state index >= 15 is 0 Å². The molecule has 1 saturated heterocycles. The highest BCUT2D eigenvalue weighted by Crippen LogP contribution is 2.25. The highest BCUT2D eigenvalue weighted by atomic mass is 79.9. The zero-order valence-corrected chi connectivity index (χ0v) is 15.9. The van der Waals surface area contributed by atoms with Crippen molar-refractivity contribution in [3.05, 3.63) is 28.2 Å². The topological polar surface area (TPSA) is 58.6 Å². The van der Waals surface area contributed by atoms with E-state index < -0.39 is 0 Å². The van der Waals surface area contributed by atoms with Crippen molar-refractivity contribution in [1.82, 2.24) is 10.2 Å². The molecule has 1 heterocycles. The summed E-state index contributed by atoms with van der Waals surface area (Å²) >= 11 is 3.37. The summed E-state index contributed by atoms with van der Waals surface area (Å²) in [6.45, 7) is 2.51. The molecule has 2 rings (SSSR count). The fourth-order valence-corrected chi connectivity index (χ4v) is 3.52. The number of Topliss-reactive ketones (excluding diaryl/α,β-unsaturated/α-hetero) is 1. The molecule has 0 aromatic heterocycles. The number of carbonyl (C=O) groups is 2. The van der Waals surface area contributed by atoms with Gasteiger partial charge in [-0.2, -0.15) is 0 Å². The van der Waals surface area contributed by atoms with Gasteiger partial charge in [-0.3, -0.25) is 9.59 Å². The monoisotopic (exact) mass is 396 g/mol. The number of hydrogen-bond donors (Lipinski definition) is 1. The second kappa shape index (κ2) is 9.18. The molecule has 1 fully saturated rings. The van der Waals surface area contributed by atoms with Gasteiger partial charge in [-0.15, -0.1) is 0 Å². The van der Waals surface area contributed by atoms with E-state index in [4.69, 9.17) is 4.74 Å². The molecule has 1 aromatic rings. The lowest BCUT2D eigenvalue weighted by molar-refractivity contribution is -0.132. The lowest BCUT2D eigenvalue weighted by atomic mass is 9.97. The van der Waals surface area contributed by atoms with Gasteiger partial charge in [0.2, 0.25) is 5.91 Å². The Morgan fingerprint density at radius 3 is 2.88 bits per heavy atom. The van der Waals surface area contributed by atoms with Crippen molar-refractivity contribution in [2.24, 2.45) is 5.92 Å². The number of rotatable bonds is 7. The summed E-state index contributed by atoms with van der Waals surface area (Å²) < 4.78 is 6.06. The third-order valence-electron chi connectivity index (χ3n) is 4.39. The van der Waals surface area contributed by atoms with Crippen LogP contribution in [0.5, 0.6) is 5.75 Å². The molecule has 6 heteroatoms. The number of carbonyl (C=O) groups excluding carboxylic acids is 2. The Kier molecular flexibility index (Phi) is 7.24. The van der Waals surface area contributed by atoms with Crippen LogP contribution in [0.15, 0.2) is 22.7 Å². The molecule has 1 amide bonds. The summed E-state index contributed by atoms with van der Waals surface area (Å²) in [5, 5.41) is 3.18. The minimum absolute atomic E-state index is 0.0646. The number of benzene rings is 1. The average Bonchev–Trinajstić information content (AvgIpc) is 2.60. The van der Waals surface area contributed by atoms with Gasteiger partial charge in [-0.1, -0.05) is 15.9 Å². The number of hydrogen-bond acceptors (Lipinski definition) is 4. The van der Waals surface area contributed by atoms with Crippen molar-refractivity contribution < 1.29 is 14.3 Å². The first-order chi connectivity index (χ1) is 11.5. The number of ether oxygens (including phenoxy) is 1. The second-order valence-electron chi connectivity index (χ2n) is 6.17. The minimum Gasteiger partial charge on any atom is -0.496 e. The Balaban J connectivity index is 1.91. The van der Waals surface area contributed by atoms with Gasteiger partial charge in [-0.25, -0.2) is 0 Å². The maximum absolute atomic E-state index is 12.4. The third-order valence-corrected chi connectivity index (χ3v) is 4.89. The van der Waals surface area contributed by atoms with Crippen LogP contribution in [0, 0.1) is 5.92 Å². The van der Waals surface area contributed by atoms with Crippen LogP contribution in [-0.2, 0) is 4.79 Å². The first kappa shape index (κ1) is 18.9. The summed E-state index contributed by atoms with van der Waals surface area (Å²) in [6.07, 6.45) is 2.64. The van der Waals surface area contributed by atoms with Crippen LogP contribution in [0.25, 0.3) is 0 Å². The van der Waals surface area contributed by atoms with Gasteiger partial charge in [0.15, 0.2) is 5.78 Å². The highest BCUT2D eigenvalue weighted by Gasteiger charge is 2.24. The maximum atomic E-state index is 12.4. The average molecular weight is 397 g/mol. The van der Waals surface area contributed by atoms with Gasteiger partial charge < -0.3 is 15.0 Å². The Hall–Kier alpha value is -1.40. The Bertz CT molecular complexity index is 590. The SMILES string of the molecule is CNCC1CCCN(C(=O)CCC(=O)c2cc(Br)ccc2OC)C1. The van der Waals surface area contributed by atoms with Crippen LogP contribution in [0.3, 0.4) is 0 Å². The quantitative estimate of drug-likeness (QED) is 0.719. The molecular weight excluding hydrogens is 372 g/mol. The molecule has 0 saturated carbocycles. The van der Waals surface area contributed by atoms with Crippen LogP contribution < -0.4 is 10.1 Å². The van der Waals surface area contributed by atoms with Gasteiger partial charge in [0.25, 0.3) is 0 Å². The number of ketones is 1. The van der Waals surface area contributed by atoms with Crippen molar-refractivity contribution in [3.8, 4) is 5.75 Å². The van der Waals surface area contributed by atoms with E-state index in [1.165, 1.54) is 0 Å². The van der Waals surface area contributed by atoms with Gasteiger partial charge in [0.05, 0.1) is 12.7 Å². The number of likely N-dealkylation sites (tertiary alicyclic amines) is 1. The van der Waals surface area contributed by atoms with Gasteiger partial charge in [-0.05, 0) is 50.6 Å². The smallest absolute Gasteiger partial charge is 0.223 e. The van der Waals surface area contributed by atoms with E-state index in [1.807, 2.05) is 18.0 Å². The fraction of sp³-hybridized carbons (Fsp3) is 0.556. The Morgan fingerprint density at radius 2 is 2.17 bits per heavy atom. The molecule has 1 atom stereocenters. The van der Waals surface area contributed by atoms with Crippen LogP contribution in [0.2, 0.25) is 0 Å². The minimum atomic E-state index is -0.0646. The zero-order valence-electron chi connectivity index (χ0n) is 14.3. The van der Waals surface area contributed by atoms with Crippen molar-refractivity contribution in [2.45, 2.75) is 25.7 Å². The third kappa shape index (κ3) is 5.05. The summed E-state index contributed by atoms with van der Waals surface area (Å²) in [7, 11) is 3.48. The first-order valence-corrected chi connectivity index (χ1v) is 9.13. The maximum Gasteiger partial charge on any atom is 0.223 e. The predicted molar refractivity (Wildman–Crippen MR) is 97.5 cm³/mol. The number of amides is 1. The molecule has 24 heavy (non-hydrogen) atoms. The molecule has 0 aliphatic carbocycles. The molecule has 1 aromatic carbocycles. The molecule has 1 N–H and O–H groups in total. The molecule has 132 valence electrons. The van der Waals surface area contributed by atoms with Crippen LogP contribution in [-0.4, -0.2) is 50.4 Å². The van der Waals surface area contributed by atoms with E-state index in [0.29, 0.717) is 17.2 Å². The molecule has 0 radical (unpaired) electrons. The number of piperidine rings is 1. The van der Waals surface area contributed by atoms with Crippen molar-refractivity contribution >= 4 is 27.6 Å². The summed E-state index contributed by atoms with van der Waals surface area (Å²) in [6, 6.07) is 5.33. The predicted octanol–water partition coefficient (Wildman–Crippen LogP) is 2.88. The first-order valence-electron chi connectivity index (χ1n) is 8.34. The highest BCUT2D eigenvalue weighted by molar-refractivity contribution is 9.10. The largest absolute Gasteiger partial charge is 0.496 e. The summed E-state index contributed by atoms with van der Waals surface area (Å²) in [5.74, 6) is 1.06. The van der Waals surface area contributed by atoms with Crippen LogP contribution in [0.1, 0.15) is 36.0 Å². The van der Waals surface area contributed by atoms with Crippen LogP contribution in [0.4, 0.5) is 0 Å². The number of nitrogens with one attached hydrogen (secondary N) is 1. The Labute approximate surface area is 151 Å². The van der Waals surface area contributed by atoms with E-state index in [9.17, 15) is 9.59 Å². The zero-order chi connectivity index (χ0) is 17.5. The summed E-state index contributed by atoms with van der Waals surface area (Å²) in [5.41, 5.74) is 0.520. The number of methoxy groups -OCH3 is 1. The fourth-order valence-electron chi connectivity index (χ4n) is 3.16. The molecule has 5 nitrogen and oxygen atoms in total. The molecule has 1 aliphatic rings. The van der Waals surface area contributed by atoms with E-state index in [1.54, 1.807) is 19.2 Å². The van der Waals surface area contributed by atoms with E-state index in [-0.39, 0.29) is 24.5 Å². The molecule has 0 bridgehead atoms. The molecular formula is C18H25BrN2O3. The Morgan fingerprint density at radius 1 is 1.38 bits per heavy atom. The lowest BCUT2D eigenvalue weighted by Crippen LogP contribution is -2.42. The normalized spacial score (nSPS) is 17.6. The van der Waals surface area contributed by atoms with Crippen molar-refractivity contribution in [1.29, 1.82) is 0 Å². The van der Waals surface area contributed by atoms with Crippen LogP contribution >= 0.6 is 15.9 Å². The standard InChI is InChI=1S/C18H25BrN2O3/c1-20-11-13-4-3-9-21(12-13)18(23)8-6-16(22)15-10-14(19)5-7-17(15)24-2/h5,7,10,13,20H,3-4,6,8-9,11-12H2,1-2H3.